The molecule has 0 radical (unpaired) electrons. The van der Waals surface area contributed by atoms with Crippen molar-refractivity contribution in [2.75, 3.05) is 117 Å². The Kier molecular flexibility index (Phi) is 26.0. The van der Waals surface area contributed by atoms with Crippen LogP contribution in [0, 0.1) is 35.5 Å². The molecule has 0 aliphatic heterocycles. The van der Waals surface area contributed by atoms with E-state index >= 15 is 0 Å². The molecule has 0 aromatic carbocycles. The first-order valence-corrected chi connectivity index (χ1v) is 25.3. The fourth-order valence-electron chi connectivity index (χ4n) is 10.6. The zero-order valence-electron chi connectivity index (χ0n) is 38.7. The molecule has 5 aliphatic rings. The molecule has 0 spiro atoms. The van der Waals surface area contributed by atoms with Gasteiger partial charge in [-0.3, -0.25) is 15.4 Å². The van der Waals surface area contributed by atoms with E-state index in [1.54, 1.807) is 11.8 Å². The third kappa shape index (κ3) is 22.1. The average molecular weight is 887 g/mol. The predicted molar refractivity (Wildman–Crippen MR) is 239 cm³/mol. The van der Waals surface area contributed by atoms with E-state index in [0.717, 1.165) is 46.3 Å². The minimum absolute atomic E-state index is 0.0559. The summed E-state index contributed by atoms with van der Waals surface area (Å²) in [5.74, 6) is 10.9. The molecular formula is C47H86N2O11S. The van der Waals surface area contributed by atoms with E-state index in [-0.39, 0.29) is 44.1 Å². The van der Waals surface area contributed by atoms with Crippen LogP contribution in [0.2, 0.25) is 0 Å². The number of hydrazine groups is 1. The summed E-state index contributed by atoms with van der Waals surface area (Å²) in [6.45, 7) is 15.5. The fourth-order valence-corrected chi connectivity index (χ4v) is 11.2. The van der Waals surface area contributed by atoms with Crippen molar-refractivity contribution in [3.63, 3.8) is 0 Å². The molecule has 0 aromatic heterocycles. The number of rotatable bonds is 31. The number of esters is 2. The molecule has 5 saturated carbocycles. The second-order valence-corrected chi connectivity index (χ2v) is 20.2. The molecule has 4 bridgehead atoms. The number of carbonyl (C=O) groups excluding carboxylic acids is 2. The molecule has 356 valence electrons. The van der Waals surface area contributed by atoms with E-state index in [2.05, 4.69) is 27.7 Å². The molecule has 13 nitrogen and oxygen atoms in total. The van der Waals surface area contributed by atoms with Crippen molar-refractivity contribution in [3.05, 3.63) is 0 Å². The van der Waals surface area contributed by atoms with Crippen LogP contribution in [0.1, 0.15) is 124 Å². The molecule has 6 unspecified atom stereocenters. The number of fused-ring (bicyclic) bond motifs is 4. The van der Waals surface area contributed by atoms with Gasteiger partial charge in [0.15, 0.2) is 0 Å². The monoisotopic (exact) mass is 887 g/mol. The lowest BCUT2D eigenvalue weighted by Gasteiger charge is -2.50. The van der Waals surface area contributed by atoms with Gasteiger partial charge in [0, 0.05) is 11.5 Å². The van der Waals surface area contributed by atoms with Gasteiger partial charge in [0.1, 0.15) is 26.3 Å². The highest BCUT2D eigenvalue weighted by molar-refractivity contribution is 7.99. The van der Waals surface area contributed by atoms with Gasteiger partial charge in [-0.05, 0) is 99.7 Å². The lowest BCUT2D eigenvalue weighted by atomic mass is 9.62. The molecule has 0 aromatic rings. The van der Waals surface area contributed by atoms with Crippen molar-refractivity contribution in [1.82, 2.24) is 5.01 Å². The standard InChI is InChI=1S/C43H78N2O11S.C4H8/c1-5-37-25-39-24-36(4)28-43(29-37,31-39)56-17-14-50-9-7-48-6-8-49-12-15-53-40(46)32-45(44)33-41(47)54-19-21-57-20-18-52-11-10-51-13-16-55-42-26-34(2)22-38(30-42)23-35(3)27-42;1-2-4-3-1/h34-39H,5-33,44H2,1-4H3;1-4H2. The van der Waals surface area contributed by atoms with Crippen molar-refractivity contribution in [2.24, 2.45) is 41.4 Å². The quantitative estimate of drug-likeness (QED) is 0.0323. The molecule has 2 N–H and O–H groups in total. The summed E-state index contributed by atoms with van der Waals surface area (Å²) in [4.78, 5) is 24.1. The van der Waals surface area contributed by atoms with Crippen molar-refractivity contribution < 1.29 is 52.2 Å². The summed E-state index contributed by atoms with van der Waals surface area (Å²) in [7, 11) is 0. The van der Waals surface area contributed by atoms with Crippen molar-refractivity contribution in [2.45, 2.75) is 135 Å². The Labute approximate surface area is 373 Å². The van der Waals surface area contributed by atoms with E-state index in [1.165, 1.54) is 96.3 Å². The van der Waals surface area contributed by atoms with Crippen LogP contribution in [0.5, 0.6) is 0 Å². The third-order valence-electron chi connectivity index (χ3n) is 13.0. The maximum atomic E-state index is 12.1. The van der Waals surface area contributed by atoms with E-state index in [0.29, 0.717) is 78.4 Å². The Hall–Kier alpha value is -1.07. The first-order chi connectivity index (χ1) is 29.6. The van der Waals surface area contributed by atoms with Gasteiger partial charge in [-0.2, -0.15) is 11.8 Å². The predicted octanol–water partition coefficient (Wildman–Crippen LogP) is 7.26. The lowest BCUT2D eigenvalue weighted by Crippen LogP contribution is -2.47. The van der Waals surface area contributed by atoms with Crippen LogP contribution in [-0.2, 0) is 52.2 Å². The Morgan fingerprint density at radius 2 is 0.918 bits per heavy atom. The molecule has 0 saturated heterocycles. The van der Waals surface area contributed by atoms with Gasteiger partial charge in [-0.25, -0.2) is 5.01 Å². The molecular weight excluding hydrogens is 801 g/mol. The van der Waals surface area contributed by atoms with Crippen LogP contribution in [0.25, 0.3) is 0 Å². The number of nitrogens with zero attached hydrogens (tertiary/aromatic N) is 1. The van der Waals surface area contributed by atoms with Gasteiger partial charge in [-0.15, -0.1) is 0 Å². The average Bonchev–Trinajstić information content (AvgIpc) is 3.16. The number of ether oxygens (including phenoxy) is 9. The normalized spacial score (nSPS) is 29.3. The van der Waals surface area contributed by atoms with Crippen LogP contribution < -0.4 is 5.84 Å². The van der Waals surface area contributed by atoms with Gasteiger partial charge in [0.25, 0.3) is 0 Å². The summed E-state index contributed by atoms with van der Waals surface area (Å²) >= 11 is 1.64. The van der Waals surface area contributed by atoms with Crippen molar-refractivity contribution in [3.8, 4) is 0 Å². The Morgan fingerprint density at radius 3 is 1.39 bits per heavy atom. The van der Waals surface area contributed by atoms with Crippen LogP contribution >= 0.6 is 11.8 Å². The van der Waals surface area contributed by atoms with Crippen LogP contribution in [0.15, 0.2) is 0 Å². The first-order valence-electron chi connectivity index (χ1n) is 24.1. The lowest BCUT2D eigenvalue weighted by molar-refractivity contribution is -0.149. The first kappa shape index (κ1) is 52.6. The highest BCUT2D eigenvalue weighted by Crippen LogP contribution is 2.51. The number of hydrogen-bond acceptors (Lipinski definition) is 14. The fraction of sp³-hybridized carbons (Fsp3) is 0.957. The maximum Gasteiger partial charge on any atom is 0.321 e. The summed E-state index contributed by atoms with van der Waals surface area (Å²) in [5.41, 5.74) is 0.121. The number of carbonyl (C=O) groups is 2. The van der Waals surface area contributed by atoms with E-state index in [9.17, 15) is 9.59 Å². The Bertz CT molecular complexity index is 1160. The van der Waals surface area contributed by atoms with Gasteiger partial charge in [0.05, 0.1) is 90.5 Å². The Balaban J connectivity index is 0.00000193. The van der Waals surface area contributed by atoms with E-state index in [1.807, 2.05) is 0 Å². The molecule has 5 rings (SSSR count). The molecule has 61 heavy (non-hydrogen) atoms. The zero-order chi connectivity index (χ0) is 43.6. The van der Waals surface area contributed by atoms with Gasteiger partial charge in [0.2, 0.25) is 0 Å². The zero-order valence-corrected chi connectivity index (χ0v) is 39.5. The number of hydrogen-bond donors (Lipinski definition) is 1. The van der Waals surface area contributed by atoms with Gasteiger partial charge in [-0.1, -0.05) is 59.8 Å². The maximum absolute atomic E-state index is 12.1. The molecule has 14 heteroatoms. The molecule has 5 fully saturated rings. The van der Waals surface area contributed by atoms with Crippen molar-refractivity contribution >= 4 is 23.7 Å². The van der Waals surface area contributed by atoms with Gasteiger partial charge >= 0.3 is 11.9 Å². The third-order valence-corrected chi connectivity index (χ3v) is 13.9. The van der Waals surface area contributed by atoms with Gasteiger partial charge < -0.3 is 42.6 Å². The molecule has 5 aliphatic carbocycles. The largest absolute Gasteiger partial charge is 0.464 e. The molecule has 6 atom stereocenters. The molecule has 0 amide bonds. The van der Waals surface area contributed by atoms with Crippen LogP contribution in [-0.4, -0.2) is 145 Å². The highest BCUT2D eigenvalue weighted by Gasteiger charge is 2.46. The number of thioether (sulfide) groups is 1. The van der Waals surface area contributed by atoms with E-state index in [4.69, 9.17) is 48.5 Å². The Morgan fingerprint density at radius 1 is 0.525 bits per heavy atom. The summed E-state index contributed by atoms with van der Waals surface area (Å²) in [5, 5.41) is 1.08. The summed E-state index contributed by atoms with van der Waals surface area (Å²) in [6.07, 6.45) is 19.8. The minimum atomic E-state index is -0.544. The molecule has 0 heterocycles. The topological polar surface area (TPSA) is 146 Å². The number of nitrogens with two attached hydrogens (primary N) is 1. The highest BCUT2D eigenvalue weighted by atomic mass is 32.2. The SMILES string of the molecule is C1CCC1.CCC1CC2CC(C)CC(OCCOCCOCCOCCOC(=O)CN(N)CC(=O)OCCSCCOCCOCCOC34CC(C)CC(CC(C)C3)C4)(C1)C2. The van der Waals surface area contributed by atoms with Crippen LogP contribution in [0.3, 0.4) is 0 Å². The minimum Gasteiger partial charge on any atom is -0.464 e. The second-order valence-electron chi connectivity index (χ2n) is 19.0. The summed E-state index contributed by atoms with van der Waals surface area (Å²) < 4.78 is 51.5. The van der Waals surface area contributed by atoms with E-state index < -0.39 is 11.9 Å². The summed E-state index contributed by atoms with van der Waals surface area (Å²) in [6, 6.07) is 0. The van der Waals surface area contributed by atoms with Crippen molar-refractivity contribution in [1.29, 1.82) is 0 Å². The van der Waals surface area contributed by atoms with Crippen LogP contribution in [0.4, 0.5) is 0 Å². The smallest absolute Gasteiger partial charge is 0.321 e. The second kappa shape index (κ2) is 30.2.